The number of carbonyl (C=O) groups is 2. The van der Waals surface area contributed by atoms with E-state index in [0.29, 0.717) is 25.7 Å². The average molecular weight is 706 g/mol. The summed E-state index contributed by atoms with van der Waals surface area (Å²) in [5, 5.41) is 0. The molecule has 0 aliphatic heterocycles. The van der Waals surface area contributed by atoms with E-state index in [-0.39, 0.29) is 19.4 Å². The van der Waals surface area contributed by atoms with Gasteiger partial charge in [-0.25, -0.2) is 4.57 Å². The summed E-state index contributed by atoms with van der Waals surface area (Å²) >= 11 is 0. The first-order chi connectivity index (χ1) is 25.2. The van der Waals surface area contributed by atoms with Gasteiger partial charge in [0.1, 0.15) is 6.56 Å². The molecule has 2 atom stereocenters. The highest BCUT2D eigenvalue weighted by Gasteiger charge is 2.25. The molecule has 0 radical (unpaired) electrons. The van der Waals surface area contributed by atoms with Crippen molar-refractivity contribution in [1.29, 1.82) is 0 Å². The first-order valence-corrected chi connectivity index (χ1v) is 20.6. The zero-order valence-corrected chi connectivity index (χ0v) is 31.5. The maximum Gasteiger partial charge on any atom is 0.472 e. The molecular formula is C39H73O8P. The fourth-order valence-electron chi connectivity index (χ4n) is 5.04. The summed E-state index contributed by atoms with van der Waals surface area (Å²) in [4.78, 5) is 35.4. The van der Waals surface area contributed by atoms with Gasteiger partial charge in [0, 0.05) is 12.8 Å². The summed E-state index contributed by atoms with van der Waals surface area (Å²) in [6.07, 6.45) is 29.2. The van der Waals surface area contributed by atoms with Crippen LogP contribution in [0.3, 0.4) is 0 Å². The summed E-state index contributed by atoms with van der Waals surface area (Å²) in [6.45, 7) is -1.96. The fraction of sp³-hybridized carbons (Fsp3) is 0.846. The fourth-order valence-corrected chi connectivity index (χ4v) is 5.62. The lowest BCUT2D eigenvalue weighted by molar-refractivity contribution is -0.161. The largest absolute Gasteiger partial charge is 0.472 e. The third-order valence-corrected chi connectivity index (χ3v) is 8.74. The van der Waals surface area contributed by atoms with Crippen LogP contribution in [0.25, 0.3) is 0 Å². The van der Waals surface area contributed by atoms with Crippen LogP contribution in [-0.2, 0) is 32.7 Å². The molecular weight excluding hydrogens is 627 g/mol. The van der Waals surface area contributed by atoms with E-state index in [0.717, 1.165) is 57.8 Å². The highest BCUT2D eigenvalue weighted by atomic mass is 31.2. The van der Waals surface area contributed by atoms with E-state index in [1.165, 1.54) is 77.6 Å². The van der Waals surface area contributed by atoms with Crippen LogP contribution in [0.15, 0.2) is 24.3 Å². The van der Waals surface area contributed by atoms with E-state index in [1.54, 1.807) is 0 Å². The zero-order chi connectivity index (χ0) is 39.9. The van der Waals surface area contributed by atoms with Crippen molar-refractivity contribution in [2.45, 2.75) is 194 Å². The second-order valence-corrected chi connectivity index (χ2v) is 13.8. The van der Waals surface area contributed by atoms with Crippen LogP contribution in [0, 0.1) is 0 Å². The Balaban J connectivity index is 4.89. The van der Waals surface area contributed by atoms with Gasteiger partial charge >= 0.3 is 19.8 Å². The molecule has 2 unspecified atom stereocenters. The van der Waals surface area contributed by atoms with E-state index in [1.807, 2.05) is 0 Å². The number of carbonyl (C=O) groups excluding carboxylic acids is 2. The van der Waals surface area contributed by atoms with Crippen molar-refractivity contribution in [1.82, 2.24) is 0 Å². The highest BCUT2D eigenvalue weighted by Crippen LogP contribution is 2.43. The number of phosphoric acid groups is 1. The Kier molecular flexibility index (Phi) is 27.8. The van der Waals surface area contributed by atoms with Gasteiger partial charge < -0.3 is 14.4 Å². The van der Waals surface area contributed by atoms with E-state index in [2.05, 4.69) is 47.2 Å². The van der Waals surface area contributed by atoms with Crippen LogP contribution < -0.4 is 0 Å². The molecule has 9 heteroatoms. The lowest BCUT2D eigenvalue weighted by atomic mass is 10.0. The van der Waals surface area contributed by atoms with Crippen molar-refractivity contribution in [3.8, 4) is 0 Å². The molecule has 8 nitrogen and oxygen atoms in total. The molecule has 0 bridgehead atoms. The number of esters is 2. The quantitative estimate of drug-likeness (QED) is 0.0297. The van der Waals surface area contributed by atoms with Gasteiger partial charge in [0.15, 0.2) is 6.08 Å². The monoisotopic (exact) mass is 706 g/mol. The van der Waals surface area contributed by atoms with Crippen molar-refractivity contribution in [2.75, 3.05) is 19.7 Å². The molecule has 0 aromatic rings. The first kappa shape index (κ1) is 37.8. The van der Waals surface area contributed by atoms with Gasteiger partial charge in [0.2, 0.25) is 0 Å². The maximum absolute atomic E-state index is 12.8. The minimum absolute atomic E-state index is 0.200. The molecule has 0 aromatic heterocycles. The number of allylic oxidation sites excluding steroid dienone is 4. The van der Waals surface area contributed by atoms with Gasteiger partial charge in [0.05, 0.1) is 20.0 Å². The lowest BCUT2D eigenvalue weighted by Gasteiger charge is -2.19. The van der Waals surface area contributed by atoms with Crippen LogP contribution in [0.5, 0.6) is 0 Å². The van der Waals surface area contributed by atoms with E-state index in [4.69, 9.17) is 16.3 Å². The lowest BCUT2D eigenvalue weighted by Crippen LogP contribution is -2.29. The molecule has 0 aliphatic rings. The molecule has 0 spiro atoms. The van der Waals surface area contributed by atoms with Crippen LogP contribution in [-0.4, -0.2) is 42.6 Å². The molecule has 0 aliphatic carbocycles. The highest BCUT2D eigenvalue weighted by molar-refractivity contribution is 7.47. The summed E-state index contributed by atoms with van der Waals surface area (Å²) < 4.78 is 73.1. The maximum atomic E-state index is 12.8. The third kappa shape index (κ3) is 34.4. The third-order valence-electron chi connectivity index (χ3n) is 7.84. The predicted octanol–water partition coefficient (Wildman–Crippen LogP) is 11.9. The van der Waals surface area contributed by atoms with Crippen molar-refractivity contribution in [2.24, 2.45) is 0 Å². The Morgan fingerprint density at radius 3 is 1.58 bits per heavy atom. The summed E-state index contributed by atoms with van der Waals surface area (Å²) in [5.41, 5.74) is 0. The number of hydrogen-bond donors (Lipinski definition) is 1. The SMILES string of the molecule is [2H]C([2H])(OC(=O)CCCCCCCCCCCCCCC)C([2H])(OC(=O)CCCCCCC/C=C\C/C=C\CCCCC)C([2H])([2H])OP(=O)(O)OCC. The Morgan fingerprint density at radius 2 is 1.06 bits per heavy atom. The Morgan fingerprint density at radius 1 is 0.625 bits per heavy atom. The van der Waals surface area contributed by atoms with Crippen molar-refractivity contribution >= 4 is 19.8 Å². The van der Waals surface area contributed by atoms with Crippen LogP contribution >= 0.6 is 7.82 Å². The standard InChI is InChI=1S/C39H73O8P/c1-4-7-9-11-13-15-17-19-20-22-24-26-28-30-32-34-39(41)47-37(36-46-48(42,43)45-6-3)35-44-38(40)33-31-29-27-25-23-21-18-16-14-12-10-8-5-2/h13,15,19-20,37H,4-12,14,16-18,21-36H2,1-3H3,(H,42,43)/b15-13-,20-19-/i35D2,36D2,37D. The molecule has 0 fully saturated rings. The van der Waals surface area contributed by atoms with Crippen molar-refractivity contribution in [3.63, 3.8) is 0 Å². The summed E-state index contributed by atoms with van der Waals surface area (Å²) in [6, 6.07) is 0. The van der Waals surface area contributed by atoms with Crippen LogP contribution in [0.1, 0.15) is 195 Å². The van der Waals surface area contributed by atoms with Gasteiger partial charge in [-0.3, -0.25) is 18.6 Å². The number of unbranched alkanes of at least 4 members (excludes halogenated alkanes) is 20. The number of ether oxygens (including phenoxy) is 2. The predicted molar refractivity (Wildman–Crippen MR) is 198 cm³/mol. The van der Waals surface area contributed by atoms with Crippen LogP contribution in [0.2, 0.25) is 0 Å². The normalized spacial score (nSPS) is 16.5. The smallest absolute Gasteiger partial charge is 0.462 e. The van der Waals surface area contributed by atoms with Crippen molar-refractivity contribution < 1.29 is 44.4 Å². The summed E-state index contributed by atoms with van der Waals surface area (Å²) in [5.74, 6) is -2.20. The number of phosphoric ester groups is 1. The van der Waals surface area contributed by atoms with Crippen LogP contribution in [0.4, 0.5) is 0 Å². The van der Waals surface area contributed by atoms with E-state index in [9.17, 15) is 19.0 Å². The first-order valence-electron chi connectivity index (χ1n) is 21.6. The number of hydrogen-bond acceptors (Lipinski definition) is 7. The number of rotatable bonds is 36. The molecule has 0 heterocycles. The molecule has 0 aromatic carbocycles. The molecule has 48 heavy (non-hydrogen) atoms. The van der Waals surface area contributed by atoms with Gasteiger partial charge in [-0.05, 0) is 51.9 Å². The van der Waals surface area contributed by atoms with Gasteiger partial charge in [-0.15, -0.1) is 0 Å². The van der Waals surface area contributed by atoms with Crippen molar-refractivity contribution in [3.05, 3.63) is 24.3 Å². The topological polar surface area (TPSA) is 108 Å². The second-order valence-electron chi connectivity index (χ2n) is 12.4. The van der Waals surface area contributed by atoms with E-state index < -0.39 is 39.0 Å². The van der Waals surface area contributed by atoms with Gasteiger partial charge in [-0.1, -0.05) is 147 Å². The Bertz CT molecular complexity index is 1060. The molecule has 0 saturated heterocycles. The Labute approximate surface area is 301 Å². The molecule has 0 saturated carbocycles. The second kappa shape index (κ2) is 35.4. The molecule has 0 rings (SSSR count). The zero-order valence-electron chi connectivity index (χ0n) is 35.7. The van der Waals surface area contributed by atoms with Gasteiger partial charge in [-0.2, -0.15) is 0 Å². The molecule has 0 amide bonds. The average Bonchev–Trinajstić information content (AvgIpc) is 3.07. The minimum atomic E-state index is -5.16. The Hall–Kier alpha value is -1.47. The molecule has 282 valence electrons. The van der Waals surface area contributed by atoms with Gasteiger partial charge in [0.25, 0.3) is 0 Å². The molecule has 1 N–H and O–H groups in total. The van der Waals surface area contributed by atoms with E-state index >= 15 is 0 Å². The summed E-state index contributed by atoms with van der Waals surface area (Å²) in [7, 11) is -5.16. The minimum Gasteiger partial charge on any atom is -0.462 e.